The average Bonchev–Trinajstić information content (AvgIpc) is 3.26. The van der Waals surface area contributed by atoms with E-state index < -0.39 is 0 Å². The predicted molar refractivity (Wildman–Crippen MR) is 103 cm³/mol. The van der Waals surface area contributed by atoms with Gasteiger partial charge in [-0.1, -0.05) is 32.4 Å². The van der Waals surface area contributed by atoms with E-state index >= 15 is 0 Å². The van der Waals surface area contributed by atoms with Gasteiger partial charge in [-0.15, -0.1) is 0 Å². The molecule has 142 valence electrons. The standard InChI is InChI=1S/C24H34O2/c1-15(13-25)19-6-7-20-18-5-4-16-12-17(26)8-9-22(16,2)21(18)24(10-11-24)14-23(19,20)3/h8-9,12,15,18-21,25H,4-7,10-11,13-14H2,1-3H3. The molecular formula is C24H34O2. The van der Waals surface area contributed by atoms with Crippen LogP contribution in [-0.2, 0) is 4.79 Å². The van der Waals surface area contributed by atoms with Crippen LogP contribution in [0.15, 0.2) is 23.8 Å². The van der Waals surface area contributed by atoms with Gasteiger partial charge in [0.15, 0.2) is 5.78 Å². The van der Waals surface area contributed by atoms with E-state index in [2.05, 4.69) is 26.8 Å². The second-order valence-corrected chi connectivity index (χ2v) is 10.9. The van der Waals surface area contributed by atoms with Crippen molar-refractivity contribution in [2.75, 3.05) is 6.61 Å². The fraction of sp³-hybridized carbons (Fsp3) is 0.792. The van der Waals surface area contributed by atoms with Crippen molar-refractivity contribution in [3.05, 3.63) is 23.8 Å². The summed E-state index contributed by atoms with van der Waals surface area (Å²) in [5.41, 5.74) is 2.42. The molecule has 0 saturated heterocycles. The summed E-state index contributed by atoms with van der Waals surface area (Å²) in [7, 11) is 0. The van der Waals surface area contributed by atoms with E-state index in [-0.39, 0.29) is 11.2 Å². The molecule has 2 nitrogen and oxygen atoms in total. The fourth-order valence-electron chi connectivity index (χ4n) is 8.68. The van der Waals surface area contributed by atoms with Crippen LogP contribution in [0, 0.1) is 45.8 Å². The van der Waals surface area contributed by atoms with E-state index in [1.807, 2.05) is 12.2 Å². The van der Waals surface area contributed by atoms with E-state index in [4.69, 9.17) is 0 Å². The Labute approximate surface area is 158 Å². The van der Waals surface area contributed by atoms with Crippen molar-refractivity contribution in [1.29, 1.82) is 0 Å². The molecule has 0 bridgehead atoms. The summed E-state index contributed by atoms with van der Waals surface area (Å²) in [5, 5.41) is 9.85. The number of carbonyl (C=O) groups excluding carboxylic acids is 1. The number of allylic oxidation sites excluding steroid dienone is 4. The van der Waals surface area contributed by atoms with Gasteiger partial charge >= 0.3 is 0 Å². The number of fused-ring (bicyclic) bond motifs is 6. The van der Waals surface area contributed by atoms with Gasteiger partial charge < -0.3 is 5.11 Å². The molecule has 5 aliphatic rings. The first-order valence-electron chi connectivity index (χ1n) is 10.9. The number of hydrogen-bond donors (Lipinski definition) is 1. The van der Waals surface area contributed by atoms with Gasteiger partial charge in [-0.05, 0) is 97.5 Å². The second-order valence-electron chi connectivity index (χ2n) is 10.9. The van der Waals surface area contributed by atoms with Crippen LogP contribution in [0.3, 0.4) is 0 Å². The van der Waals surface area contributed by atoms with Gasteiger partial charge in [-0.3, -0.25) is 4.79 Å². The number of aliphatic hydroxyl groups is 1. The van der Waals surface area contributed by atoms with Crippen molar-refractivity contribution in [1.82, 2.24) is 0 Å². The Balaban J connectivity index is 1.57. The lowest BCUT2D eigenvalue weighted by Crippen LogP contribution is -2.55. The molecule has 26 heavy (non-hydrogen) atoms. The Morgan fingerprint density at radius 1 is 1.23 bits per heavy atom. The van der Waals surface area contributed by atoms with Gasteiger partial charge in [0.05, 0.1) is 0 Å². The van der Waals surface area contributed by atoms with Crippen molar-refractivity contribution in [3.63, 3.8) is 0 Å². The lowest BCUT2D eigenvalue weighted by Gasteiger charge is -2.61. The third kappa shape index (κ3) is 2.06. The molecule has 5 rings (SSSR count). The van der Waals surface area contributed by atoms with Crippen LogP contribution in [0.5, 0.6) is 0 Å². The zero-order valence-corrected chi connectivity index (χ0v) is 16.6. The van der Waals surface area contributed by atoms with Crippen molar-refractivity contribution in [2.45, 2.75) is 65.7 Å². The van der Waals surface area contributed by atoms with Crippen molar-refractivity contribution in [2.24, 2.45) is 45.8 Å². The Morgan fingerprint density at radius 3 is 2.69 bits per heavy atom. The molecule has 7 atom stereocenters. The normalized spacial score (nSPS) is 49.2. The van der Waals surface area contributed by atoms with Crippen LogP contribution < -0.4 is 0 Å². The van der Waals surface area contributed by atoms with Gasteiger partial charge in [-0.2, -0.15) is 0 Å². The van der Waals surface area contributed by atoms with Crippen molar-refractivity contribution < 1.29 is 9.90 Å². The highest BCUT2D eigenvalue weighted by Gasteiger charge is 2.69. The molecule has 4 saturated carbocycles. The second kappa shape index (κ2) is 5.34. The molecular weight excluding hydrogens is 320 g/mol. The van der Waals surface area contributed by atoms with Crippen LogP contribution in [0.1, 0.15) is 65.7 Å². The molecule has 0 aromatic rings. The van der Waals surface area contributed by atoms with Gasteiger partial charge in [0, 0.05) is 12.0 Å². The molecule has 2 heteroatoms. The molecule has 7 unspecified atom stereocenters. The predicted octanol–water partition coefficient (Wildman–Crippen LogP) is 4.93. The molecule has 0 heterocycles. The summed E-state index contributed by atoms with van der Waals surface area (Å²) in [5.74, 6) is 3.64. The highest BCUT2D eigenvalue weighted by Crippen LogP contribution is 2.77. The number of aliphatic hydroxyl groups excluding tert-OH is 1. The number of carbonyl (C=O) groups is 1. The van der Waals surface area contributed by atoms with E-state index in [1.54, 1.807) is 0 Å². The van der Waals surface area contributed by atoms with Crippen LogP contribution in [-0.4, -0.2) is 17.5 Å². The Morgan fingerprint density at radius 2 is 2.00 bits per heavy atom. The lowest BCUT2D eigenvalue weighted by atomic mass is 9.43. The minimum atomic E-state index is 0.106. The lowest BCUT2D eigenvalue weighted by molar-refractivity contribution is -0.112. The first-order valence-corrected chi connectivity index (χ1v) is 10.9. The SMILES string of the molecule is CC(CO)C1CCC2C3CCC4=CC(=O)C=CC4(C)C3C3(CC3)CC12C. The summed E-state index contributed by atoms with van der Waals surface area (Å²) in [6, 6.07) is 0. The van der Waals surface area contributed by atoms with Crippen LogP contribution in [0.4, 0.5) is 0 Å². The number of ketones is 1. The molecule has 4 fully saturated rings. The van der Waals surface area contributed by atoms with Crippen LogP contribution in [0.25, 0.3) is 0 Å². The van der Waals surface area contributed by atoms with Crippen LogP contribution in [0.2, 0.25) is 0 Å². The van der Waals surface area contributed by atoms with Gasteiger partial charge in [0.2, 0.25) is 0 Å². The van der Waals surface area contributed by atoms with Crippen molar-refractivity contribution >= 4 is 5.78 Å². The maximum absolute atomic E-state index is 12.0. The molecule has 0 radical (unpaired) electrons. The summed E-state index contributed by atoms with van der Waals surface area (Å²) < 4.78 is 0. The molecule has 0 aliphatic heterocycles. The highest BCUT2D eigenvalue weighted by atomic mass is 16.3. The maximum Gasteiger partial charge on any atom is 0.178 e. The number of rotatable bonds is 2. The zero-order valence-electron chi connectivity index (χ0n) is 16.6. The molecule has 1 spiro atoms. The summed E-state index contributed by atoms with van der Waals surface area (Å²) in [6.45, 7) is 7.61. The first kappa shape index (κ1) is 17.2. The molecule has 0 aromatic carbocycles. The average molecular weight is 355 g/mol. The minimum absolute atomic E-state index is 0.106. The smallest absolute Gasteiger partial charge is 0.178 e. The maximum atomic E-state index is 12.0. The molecule has 5 aliphatic carbocycles. The van der Waals surface area contributed by atoms with E-state index in [1.165, 1.54) is 44.1 Å². The monoisotopic (exact) mass is 354 g/mol. The Bertz CT molecular complexity index is 699. The summed E-state index contributed by atoms with van der Waals surface area (Å²) in [4.78, 5) is 12.0. The molecule has 0 amide bonds. The zero-order chi connectivity index (χ0) is 18.3. The summed E-state index contributed by atoms with van der Waals surface area (Å²) >= 11 is 0. The van der Waals surface area contributed by atoms with Gasteiger partial charge in [-0.25, -0.2) is 0 Å². The molecule has 1 N–H and O–H groups in total. The number of hydrogen-bond acceptors (Lipinski definition) is 2. The molecule has 0 aromatic heterocycles. The first-order chi connectivity index (χ1) is 12.3. The van der Waals surface area contributed by atoms with Gasteiger partial charge in [0.1, 0.15) is 0 Å². The third-order valence-corrected chi connectivity index (χ3v) is 9.68. The Kier molecular flexibility index (Phi) is 3.54. The van der Waals surface area contributed by atoms with E-state index in [9.17, 15) is 9.90 Å². The quantitative estimate of drug-likeness (QED) is 0.763. The topological polar surface area (TPSA) is 37.3 Å². The highest BCUT2D eigenvalue weighted by molar-refractivity contribution is 6.01. The van der Waals surface area contributed by atoms with Gasteiger partial charge in [0.25, 0.3) is 0 Å². The Hall–Kier alpha value is -0.890. The third-order valence-electron chi connectivity index (χ3n) is 9.68. The van der Waals surface area contributed by atoms with Crippen LogP contribution >= 0.6 is 0 Å². The van der Waals surface area contributed by atoms with Crippen molar-refractivity contribution in [3.8, 4) is 0 Å². The van der Waals surface area contributed by atoms with E-state index in [0.29, 0.717) is 29.3 Å². The summed E-state index contributed by atoms with van der Waals surface area (Å²) in [6.07, 6.45) is 15.2. The minimum Gasteiger partial charge on any atom is -0.396 e. The largest absolute Gasteiger partial charge is 0.396 e. The van der Waals surface area contributed by atoms with E-state index in [0.717, 1.165) is 24.2 Å². The fourth-order valence-corrected chi connectivity index (χ4v) is 8.68.